The van der Waals surface area contributed by atoms with E-state index in [1.165, 1.54) is 12.1 Å². The second-order valence-electron chi connectivity index (χ2n) is 5.11. The molecule has 0 unspecified atom stereocenters. The Hall–Kier alpha value is -3.20. The fourth-order valence-electron chi connectivity index (χ4n) is 2.27. The van der Waals surface area contributed by atoms with Crippen LogP contribution < -0.4 is 5.32 Å². The Morgan fingerprint density at radius 1 is 1.13 bits per heavy atom. The van der Waals surface area contributed by atoms with Crippen molar-refractivity contribution >= 4 is 5.69 Å². The molecule has 114 valence electrons. The van der Waals surface area contributed by atoms with Crippen LogP contribution >= 0.6 is 0 Å². The van der Waals surface area contributed by atoms with E-state index in [-0.39, 0.29) is 5.82 Å². The molecule has 0 amide bonds. The first kappa shape index (κ1) is 14.7. The average Bonchev–Trinajstić information content (AvgIpc) is 3.07. The zero-order chi connectivity index (χ0) is 16.1. The van der Waals surface area contributed by atoms with E-state index < -0.39 is 0 Å². The Kier molecular flexibility index (Phi) is 4.29. The molecule has 0 radical (unpaired) electrons. The van der Waals surface area contributed by atoms with Crippen LogP contribution in [0.25, 0.3) is 0 Å². The quantitative estimate of drug-likeness (QED) is 0.787. The third kappa shape index (κ3) is 3.71. The second kappa shape index (κ2) is 6.71. The van der Waals surface area contributed by atoms with E-state index in [2.05, 4.69) is 15.5 Å². The van der Waals surface area contributed by atoms with E-state index in [0.717, 1.165) is 11.3 Å². The van der Waals surface area contributed by atoms with Crippen LogP contribution in [-0.4, -0.2) is 14.8 Å². The lowest BCUT2D eigenvalue weighted by molar-refractivity contribution is 0.612. The molecule has 6 heteroatoms. The predicted molar refractivity (Wildman–Crippen MR) is 84.0 cm³/mol. The summed E-state index contributed by atoms with van der Waals surface area (Å²) in [6, 6.07) is 14.2. The van der Waals surface area contributed by atoms with Gasteiger partial charge in [-0.1, -0.05) is 12.1 Å². The second-order valence-corrected chi connectivity index (χ2v) is 5.11. The SMILES string of the molecule is N#Cc1ccc(F)c(CNc2cccc(Cn3cnnc3)c2)c1. The van der Waals surface area contributed by atoms with Crippen LogP contribution in [0.4, 0.5) is 10.1 Å². The first-order valence-electron chi connectivity index (χ1n) is 7.08. The van der Waals surface area contributed by atoms with E-state index in [1.54, 1.807) is 18.7 Å². The normalized spacial score (nSPS) is 10.3. The fourth-order valence-corrected chi connectivity index (χ4v) is 2.27. The third-order valence-corrected chi connectivity index (χ3v) is 3.42. The Balaban J connectivity index is 1.70. The number of benzene rings is 2. The van der Waals surface area contributed by atoms with Crippen LogP contribution in [0.15, 0.2) is 55.1 Å². The number of aromatic nitrogens is 3. The van der Waals surface area contributed by atoms with E-state index in [1.807, 2.05) is 34.9 Å². The molecule has 0 aliphatic rings. The van der Waals surface area contributed by atoms with Gasteiger partial charge in [0.25, 0.3) is 0 Å². The maximum Gasteiger partial charge on any atom is 0.128 e. The minimum atomic E-state index is -0.322. The van der Waals surface area contributed by atoms with E-state index >= 15 is 0 Å². The van der Waals surface area contributed by atoms with Crippen LogP contribution in [-0.2, 0) is 13.1 Å². The molecule has 3 rings (SSSR count). The molecule has 3 aromatic rings. The van der Waals surface area contributed by atoms with Gasteiger partial charge in [-0.3, -0.25) is 0 Å². The van der Waals surface area contributed by atoms with Crippen molar-refractivity contribution in [2.75, 3.05) is 5.32 Å². The molecule has 1 aromatic heterocycles. The number of rotatable bonds is 5. The number of hydrogen-bond donors (Lipinski definition) is 1. The maximum absolute atomic E-state index is 13.8. The molecule has 0 saturated heterocycles. The molecule has 2 aromatic carbocycles. The summed E-state index contributed by atoms with van der Waals surface area (Å²) < 4.78 is 15.6. The van der Waals surface area contributed by atoms with Crippen LogP contribution in [0.2, 0.25) is 0 Å². The summed E-state index contributed by atoms with van der Waals surface area (Å²) in [5, 5.41) is 19.6. The molecule has 23 heavy (non-hydrogen) atoms. The number of hydrogen-bond acceptors (Lipinski definition) is 4. The van der Waals surface area contributed by atoms with Crippen molar-refractivity contribution < 1.29 is 4.39 Å². The third-order valence-electron chi connectivity index (χ3n) is 3.42. The number of halogens is 1. The maximum atomic E-state index is 13.8. The highest BCUT2D eigenvalue weighted by atomic mass is 19.1. The van der Waals surface area contributed by atoms with Crippen LogP contribution in [0.1, 0.15) is 16.7 Å². The molecule has 5 nitrogen and oxygen atoms in total. The van der Waals surface area contributed by atoms with Gasteiger partial charge in [0, 0.05) is 17.8 Å². The molecule has 1 N–H and O–H groups in total. The summed E-state index contributed by atoms with van der Waals surface area (Å²) in [6.45, 7) is 0.984. The van der Waals surface area contributed by atoms with Crippen molar-refractivity contribution in [1.29, 1.82) is 5.26 Å². The highest BCUT2D eigenvalue weighted by molar-refractivity contribution is 5.47. The monoisotopic (exact) mass is 307 g/mol. The van der Waals surface area contributed by atoms with Crippen molar-refractivity contribution in [2.45, 2.75) is 13.1 Å². The summed E-state index contributed by atoms with van der Waals surface area (Å²) >= 11 is 0. The number of nitriles is 1. The predicted octanol–water partition coefficient (Wildman–Crippen LogP) is 2.95. The van der Waals surface area contributed by atoms with Crippen LogP contribution in [0.3, 0.4) is 0 Å². The zero-order valence-corrected chi connectivity index (χ0v) is 12.3. The van der Waals surface area contributed by atoms with Gasteiger partial charge in [0.1, 0.15) is 18.5 Å². The molecule has 0 aliphatic heterocycles. The molecule has 0 fully saturated rings. The van der Waals surface area contributed by atoms with Gasteiger partial charge in [-0.2, -0.15) is 5.26 Å². The largest absolute Gasteiger partial charge is 0.381 e. The van der Waals surface area contributed by atoms with Crippen molar-refractivity contribution in [3.63, 3.8) is 0 Å². The molecule has 0 bridgehead atoms. The molecule has 0 atom stereocenters. The standard InChI is InChI=1S/C17H14FN5/c18-17-5-4-13(8-19)6-15(17)9-20-16-3-1-2-14(7-16)10-23-11-21-22-12-23/h1-7,11-12,20H,9-10H2. The van der Waals surface area contributed by atoms with Crippen molar-refractivity contribution in [3.8, 4) is 6.07 Å². The van der Waals surface area contributed by atoms with Crippen molar-refractivity contribution in [2.24, 2.45) is 0 Å². The summed E-state index contributed by atoms with van der Waals surface area (Å²) in [7, 11) is 0. The van der Waals surface area contributed by atoms with Gasteiger partial charge in [-0.05, 0) is 35.9 Å². The Morgan fingerprint density at radius 3 is 2.74 bits per heavy atom. The molecule has 0 spiro atoms. The first-order chi connectivity index (χ1) is 11.2. The Morgan fingerprint density at radius 2 is 1.96 bits per heavy atom. The molecule has 0 aliphatic carbocycles. The van der Waals surface area contributed by atoms with Crippen molar-refractivity contribution in [3.05, 3.63) is 77.6 Å². The van der Waals surface area contributed by atoms with Gasteiger partial charge in [0.15, 0.2) is 0 Å². The number of anilines is 1. The van der Waals surface area contributed by atoms with Crippen LogP contribution in [0, 0.1) is 17.1 Å². The van der Waals surface area contributed by atoms with E-state index in [0.29, 0.717) is 24.2 Å². The van der Waals surface area contributed by atoms with Gasteiger partial charge in [-0.15, -0.1) is 10.2 Å². The van der Waals surface area contributed by atoms with Gasteiger partial charge in [0.2, 0.25) is 0 Å². The fraction of sp³-hybridized carbons (Fsp3) is 0.118. The topological polar surface area (TPSA) is 66.5 Å². The smallest absolute Gasteiger partial charge is 0.128 e. The minimum absolute atomic E-state index is 0.317. The van der Waals surface area contributed by atoms with E-state index in [4.69, 9.17) is 5.26 Å². The lowest BCUT2D eigenvalue weighted by atomic mass is 10.1. The highest BCUT2D eigenvalue weighted by Crippen LogP contribution is 2.15. The van der Waals surface area contributed by atoms with Gasteiger partial charge in [0.05, 0.1) is 18.2 Å². The highest BCUT2D eigenvalue weighted by Gasteiger charge is 2.04. The molecule has 0 saturated carbocycles. The Labute approximate surface area is 133 Å². The first-order valence-corrected chi connectivity index (χ1v) is 7.08. The number of nitrogens with zero attached hydrogens (tertiary/aromatic N) is 4. The molecule has 1 heterocycles. The van der Waals surface area contributed by atoms with Gasteiger partial charge < -0.3 is 9.88 Å². The Bertz CT molecular complexity index is 836. The van der Waals surface area contributed by atoms with E-state index in [9.17, 15) is 4.39 Å². The molecular formula is C17H14FN5. The summed E-state index contributed by atoms with van der Waals surface area (Å²) in [4.78, 5) is 0. The average molecular weight is 307 g/mol. The number of nitrogens with one attached hydrogen (secondary N) is 1. The summed E-state index contributed by atoms with van der Waals surface area (Å²) in [5.41, 5.74) is 2.89. The van der Waals surface area contributed by atoms with Gasteiger partial charge >= 0.3 is 0 Å². The van der Waals surface area contributed by atoms with Gasteiger partial charge in [-0.25, -0.2) is 4.39 Å². The lowest BCUT2D eigenvalue weighted by Gasteiger charge is -2.10. The zero-order valence-electron chi connectivity index (χ0n) is 12.3. The summed E-state index contributed by atoms with van der Waals surface area (Å²) in [5.74, 6) is -0.322. The van der Waals surface area contributed by atoms with Crippen molar-refractivity contribution in [1.82, 2.24) is 14.8 Å². The summed E-state index contributed by atoms with van der Waals surface area (Å²) in [6.07, 6.45) is 3.31. The molecular weight excluding hydrogens is 293 g/mol. The lowest BCUT2D eigenvalue weighted by Crippen LogP contribution is -2.03. The minimum Gasteiger partial charge on any atom is -0.381 e. The van der Waals surface area contributed by atoms with Crippen LogP contribution in [0.5, 0.6) is 0 Å².